The van der Waals surface area contributed by atoms with Crippen molar-refractivity contribution in [2.75, 3.05) is 13.2 Å². The number of phosphoric ester groups is 1. The van der Waals surface area contributed by atoms with Gasteiger partial charge in [-0.25, -0.2) is 9.36 Å². The number of nitrogens with zero attached hydrogens (tertiary/aromatic N) is 3. The molecule has 18 heteroatoms. The van der Waals surface area contributed by atoms with Crippen LogP contribution in [0, 0.1) is 11.8 Å². The Kier molecular flexibility index (Phi) is 7.63. The van der Waals surface area contributed by atoms with Gasteiger partial charge in [-0.15, -0.1) is 10.2 Å². The molecule has 0 aliphatic carbocycles. The maximum atomic E-state index is 13.1. The van der Waals surface area contributed by atoms with Crippen molar-refractivity contribution in [2.45, 2.75) is 36.7 Å². The monoisotopic (exact) mass is 573 g/mol. The summed E-state index contributed by atoms with van der Waals surface area (Å²) in [6.45, 7) is -0.941. The third kappa shape index (κ3) is 6.17. The van der Waals surface area contributed by atoms with Crippen molar-refractivity contribution < 1.29 is 46.7 Å². The van der Waals surface area contributed by atoms with E-state index in [1.165, 1.54) is 12.1 Å². The number of benzene rings is 1. The van der Waals surface area contributed by atoms with Gasteiger partial charge in [-0.1, -0.05) is 24.0 Å². The smallest absolute Gasteiger partial charge is 0.394 e. The number of hydrogen-bond donors (Lipinski definition) is 5. The zero-order chi connectivity index (χ0) is 28.6. The van der Waals surface area contributed by atoms with E-state index in [0.29, 0.717) is 0 Å². The summed E-state index contributed by atoms with van der Waals surface area (Å²) in [5, 5.41) is 18.0. The van der Waals surface area contributed by atoms with Crippen LogP contribution in [0.3, 0.4) is 0 Å². The molecule has 1 aromatic carbocycles. The Labute approximate surface area is 215 Å². The van der Waals surface area contributed by atoms with E-state index < -0.39 is 61.9 Å². The van der Waals surface area contributed by atoms with Gasteiger partial charge in [-0.2, -0.15) is 13.2 Å². The van der Waals surface area contributed by atoms with E-state index in [0.717, 1.165) is 22.9 Å². The number of phosphoric acid groups is 1. The molecule has 0 bridgehead atoms. The molecule has 4 rings (SSSR count). The summed E-state index contributed by atoms with van der Waals surface area (Å²) in [5.41, 5.74) is -4.80. The molecule has 14 nitrogen and oxygen atoms in total. The zero-order valence-electron chi connectivity index (χ0n) is 19.5. The van der Waals surface area contributed by atoms with Crippen LogP contribution in [-0.2, 0) is 19.5 Å². The Hall–Kier alpha value is -3.65. The number of hydrogen-bond acceptors (Lipinski definition) is 9. The average molecular weight is 573 g/mol. The lowest BCUT2D eigenvalue weighted by Crippen LogP contribution is -2.33. The number of alkyl halides is 3. The molecule has 3 heterocycles. The number of H-pyrrole nitrogens is 1. The van der Waals surface area contributed by atoms with Crippen LogP contribution in [0.4, 0.5) is 13.2 Å². The van der Waals surface area contributed by atoms with Gasteiger partial charge in [0.05, 0.1) is 13.2 Å². The fourth-order valence-corrected chi connectivity index (χ4v) is 4.35. The van der Waals surface area contributed by atoms with Crippen LogP contribution >= 0.6 is 7.82 Å². The predicted octanol–water partition coefficient (Wildman–Crippen LogP) is 0.257. The summed E-state index contributed by atoms with van der Waals surface area (Å²) < 4.78 is 61.3. The first-order valence-corrected chi connectivity index (χ1v) is 12.5. The fourth-order valence-electron chi connectivity index (χ4n) is 3.77. The minimum Gasteiger partial charge on any atom is -0.394 e. The molecule has 5 N–H and O–H groups in total. The normalized spacial score (nSPS) is 21.7. The van der Waals surface area contributed by atoms with Gasteiger partial charge in [0.25, 0.3) is 11.5 Å². The molecule has 0 spiro atoms. The van der Waals surface area contributed by atoms with E-state index in [2.05, 4.69) is 31.9 Å². The Morgan fingerprint density at radius 3 is 2.51 bits per heavy atom. The van der Waals surface area contributed by atoms with Gasteiger partial charge in [-0.3, -0.25) is 23.7 Å². The first kappa shape index (κ1) is 28.4. The molecule has 0 unspecified atom stereocenters. The highest BCUT2D eigenvalue weighted by atomic mass is 31.2. The van der Waals surface area contributed by atoms with Crippen molar-refractivity contribution in [3.63, 3.8) is 0 Å². The maximum Gasteiger partial charge on any atom is 0.469 e. The number of halogens is 3. The minimum atomic E-state index is -4.92. The van der Waals surface area contributed by atoms with Crippen molar-refractivity contribution in [3.05, 3.63) is 68.0 Å². The summed E-state index contributed by atoms with van der Waals surface area (Å²) in [6, 6.07) is 4.50. The lowest BCUT2D eigenvalue weighted by atomic mass is 10.0. The first-order chi connectivity index (χ1) is 18.2. The molecule has 1 amide bonds. The molecule has 1 saturated heterocycles. The predicted molar refractivity (Wildman–Crippen MR) is 122 cm³/mol. The van der Waals surface area contributed by atoms with Crippen LogP contribution in [0.25, 0.3) is 0 Å². The zero-order valence-corrected chi connectivity index (χ0v) is 20.3. The minimum absolute atomic E-state index is 0.0359. The summed E-state index contributed by atoms with van der Waals surface area (Å²) in [6.07, 6.45) is -7.46. The van der Waals surface area contributed by atoms with Crippen LogP contribution in [-0.4, -0.2) is 61.9 Å². The van der Waals surface area contributed by atoms with E-state index in [-0.39, 0.29) is 29.7 Å². The molecule has 2 aromatic rings. The number of rotatable bonds is 7. The number of aromatic amines is 1. The van der Waals surface area contributed by atoms with Gasteiger partial charge in [0.1, 0.15) is 24.0 Å². The van der Waals surface area contributed by atoms with Crippen molar-refractivity contribution in [3.8, 4) is 11.8 Å². The number of aromatic nitrogens is 2. The van der Waals surface area contributed by atoms with Crippen LogP contribution in [0.5, 0.6) is 0 Å². The molecular weight excluding hydrogens is 554 g/mol. The highest BCUT2D eigenvalue weighted by molar-refractivity contribution is 7.46. The molecule has 1 aromatic heterocycles. The van der Waals surface area contributed by atoms with Gasteiger partial charge in [0.15, 0.2) is 0 Å². The van der Waals surface area contributed by atoms with Gasteiger partial charge < -0.3 is 24.9 Å². The SMILES string of the molecule is O=C(NCC#Cc1cn([C@H]2C[C@H](OP(=O)(O)O)[C@@H](CO)O2)c(=O)[nH]c1=O)c1ccc(C2(C(F)(F)F)N=N2)cc1. The standard InChI is InChI=1S/C21H19F3N5O9P/c22-21(23,24)20(27-28-20)13-5-3-11(4-6-13)17(31)25-7-1-2-12-9-29(19(33)26-18(12)32)16-8-14(15(10-30)37-16)38-39(34,35)36/h3-6,9,14-16,30H,7-8,10H2,(H,25,31)(H,26,32,33)(H2,34,35,36)/t14-,15+,16+/m0/s1. The first-order valence-electron chi connectivity index (χ1n) is 11.0. The molecule has 1 fully saturated rings. The van der Waals surface area contributed by atoms with Crippen LogP contribution in [0.2, 0.25) is 0 Å². The molecule has 0 radical (unpaired) electrons. The average Bonchev–Trinajstić information content (AvgIpc) is 3.59. The Morgan fingerprint density at radius 1 is 1.28 bits per heavy atom. The topological polar surface area (TPSA) is 205 Å². The highest BCUT2D eigenvalue weighted by Gasteiger charge is 2.65. The molecular formula is C21H19F3N5O9P. The van der Waals surface area contributed by atoms with Crippen molar-refractivity contribution in [2.24, 2.45) is 10.2 Å². The summed E-state index contributed by atoms with van der Waals surface area (Å²) >= 11 is 0. The second-order valence-corrected chi connectivity index (χ2v) is 9.51. The number of nitrogens with one attached hydrogen (secondary N) is 2. The molecule has 3 atom stereocenters. The van der Waals surface area contributed by atoms with Gasteiger partial charge in [0, 0.05) is 23.7 Å². The third-order valence-corrected chi connectivity index (χ3v) is 6.26. The van der Waals surface area contributed by atoms with E-state index in [1.54, 1.807) is 0 Å². The molecule has 0 saturated carbocycles. The Morgan fingerprint density at radius 2 is 1.95 bits per heavy atom. The summed E-state index contributed by atoms with van der Waals surface area (Å²) in [4.78, 5) is 56.8. The lowest BCUT2D eigenvalue weighted by Gasteiger charge is -2.16. The maximum absolute atomic E-state index is 13.1. The number of carbonyl (C=O) groups excluding carboxylic acids is 1. The molecule has 39 heavy (non-hydrogen) atoms. The summed E-state index contributed by atoms with van der Waals surface area (Å²) in [7, 11) is -4.92. The molecule has 2 aliphatic rings. The van der Waals surface area contributed by atoms with E-state index in [9.17, 15) is 37.2 Å². The fraction of sp³-hybridized carbons (Fsp3) is 0.381. The molecule has 208 valence electrons. The van der Waals surface area contributed by atoms with Gasteiger partial charge in [0.2, 0.25) is 0 Å². The lowest BCUT2D eigenvalue weighted by molar-refractivity contribution is -0.166. The number of aliphatic hydroxyl groups is 1. The number of amides is 1. The third-order valence-electron chi connectivity index (χ3n) is 5.72. The van der Waals surface area contributed by atoms with Crippen LogP contribution in [0.1, 0.15) is 34.1 Å². The largest absolute Gasteiger partial charge is 0.469 e. The van der Waals surface area contributed by atoms with E-state index in [4.69, 9.17) is 14.5 Å². The highest BCUT2D eigenvalue weighted by Crippen LogP contribution is 2.52. The molecule has 2 aliphatic heterocycles. The van der Waals surface area contributed by atoms with E-state index >= 15 is 0 Å². The summed E-state index contributed by atoms with van der Waals surface area (Å²) in [5.74, 6) is 4.30. The van der Waals surface area contributed by atoms with Gasteiger partial charge in [-0.05, 0) is 12.1 Å². The van der Waals surface area contributed by atoms with Gasteiger partial charge >= 0.3 is 25.4 Å². The number of carbonyl (C=O) groups is 1. The van der Waals surface area contributed by atoms with Crippen molar-refractivity contribution >= 4 is 13.7 Å². The van der Waals surface area contributed by atoms with E-state index in [1.807, 2.05) is 4.98 Å². The number of aliphatic hydroxyl groups excluding tert-OH is 1. The Balaban J connectivity index is 1.41. The second kappa shape index (κ2) is 10.5. The van der Waals surface area contributed by atoms with Crippen molar-refractivity contribution in [1.82, 2.24) is 14.9 Å². The Bertz CT molecular complexity index is 1510. The number of ether oxygens (including phenoxy) is 1. The quantitative estimate of drug-likeness (QED) is 0.227. The van der Waals surface area contributed by atoms with Crippen LogP contribution < -0.4 is 16.6 Å². The van der Waals surface area contributed by atoms with Crippen molar-refractivity contribution in [1.29, 1.82) is 0 Å². The second-order valence-electron chi connectivity index (χ2n) is 8.32. The van der Waals surface area contributed by atoms with Crippen LogP contribution in [0.15, 0.2) is 50.3 Å².